The first kappa shape index (κ1) is 15.9. The number of amides is 1. The van der Waals surface area contributed by atoms with E-state index in [-0.39, 0.29) is 18.6 Å². The average Bonchev–Trinajstić information content (AvgIpc) is 3.26. The summed E-state index contributed by atoms with van der Waals surface area (Å²) in [6, 6.07) is 14.0. The van der Waals surface area contributed by atoms with Crippen LogP contribution in [-0.4, -0.2) is 22.5 Å². The van der Waals surface area contributed by atoms with E-state index in [9.17, 15) is 4.79 Å². The van der Waals surface area contributed by atoms with Gasteiger partial charge < -0.3 is 14.8 Å². The predicted octanol–water partition coefficient (Wildman–Crippen LogP) is 3.69. The summed E-state index contributed by atoms with van der Waals surface area (Å²) in [4.78, 5) is 12.5. The molecule has 6 nitrogen and oxygen atoms in total. The Bertz CT molecular complexity index is 1050. The second-order valence-electron chi connectivity index (χ2n) is 7.01. The number of nitrogens with zero attached hydrogens (tertiary/aromatic N) is 2. The van der Waals surface area contributed by atoms with Crippen LogP contribution < -0.4 is 14.8 Å². The van der Waals surface area contributed by atoms with Crippen LogP contribution in [0.25, 0.3) is 5.69 Å². The Kier molecular flexibility index (Phi) is 3.47. The SMILES string of the molecule is Cc1ccc(-n2nc(C)c3c2NC(=O)C[C@@H]3c2ccc3c(c2)OCO3)cc1. The van der Waals surface area contributed by atoms with Gasteiger partial charge in [-0.3, -0.25) is 4.79 Å². The highest BCUT2D eigenvalue weighted by Gasteiger charge is 2.33. The lowest BCUT2D eigenvalue weighted by Crippen LogP contribution is -2.24. The maximum absolute atomic E-state index is 12.5. The predicted molar refractivity (Wildman–Crippen MR) is 101 cm³/mol. The van der Waals surface area contributed by atoms with E-state index in [0.717, 1.165) is 39.8 Å². The molecule has 0 fully saturated rings. The van der Waals surface area contributed by atoms with Crippen LogP contribution in [0.1, 0.15) is 34.7 Å². The second kappa shape index (κ2) is 5.87. The van der Waals surface area contributed by atoms with Crippen LogP contribution in [0.15, 0.2) is 42.5 Å². The lowest BCUT2D eigenvalue weighted by atomic mass is 9.85. The Morgan fingerprint density at radius 2 is 1.85 bits per heavy atom. The molecule has 1 amide bonds. The van der Waals surface area contributed by atoms with Gasteiger partial charge in [-0.2, -0.15) is 5.10 Å². The Hall–Kier alpha value is -3.28. The van der Waals surface area contributed by atoms with Gasteiger partial charge in [-0.25, -0.2) is 4.68 Å². The molecule has 5 rings (SSSR count). The molecule has 136 valence electrons. The summed E-state index contributed by atoms with van der Waals surface area (Å²) in [7, 11) is 0. The molecule has 0 radical (unpaired) electrons. The van der Waals surface area contributed by atoms with Crippen LogP contribution >= 0.6 is 0 Å². The first-order chi connectivity index (χ1) is 13.1. The Balaban J connectivity index is 1.63. The van der Waals surface area contributed by atoms with Gasteiger partial charge in [0.05, 0.1) is 11.4 Å². The van der Waals surface area contributed by atoms with Crippen LogP contribution in [0.2, 0.25) is 0 Å². The van der Waals surface area contributed by atoms with E-state index < -0.39 is 0 Å². The fourth-order valence-corrected chi connectivity index (χ4v) is 3.83. The van der Waals surface area contributed by atoms with Crippen molar-refractivity contribution in [3.63, 3.8) is 0 Å². The van der Waals surface area contributed by atoms with Crippen molar-refractivity contribution in [1.29, 1.82) is 0 Å². The van der Waals surface area contributed by atoms with Crippen LogP contribution in [0.3, 0.4) is 0 Å². The summed E-state index contributed by atoms with van der Waals surface area (Å²) in [6.45, 7) is 4.27. The van der Waals surface area contributed by atoms with E-state index in [1.54, 1.807) is 0 Å². The summed E-state index contributed by atoms with van der Waals surface area (Å²) < 4.78 is 12.7. The zero-order valence-electron chi connectivity index (χ0n) is 15.2. The average molecular weight is 361 g/mol. The molecule has 0 saturated heterocycles. The van der Waals surface area contributed by atoms with Crippen molar-refractivity contribution in [2.75, 3.05) is 12.1 Å². The summed E-state index contributed by atoms with van der Waals surface area (Å²) in [6.07, 6.45) is 0.382. The lowest BCUT2D eigenvalue weighted by molar-refractivity contribution is -0.116. The van der Waals surface area contributed by atoms with Crippen molar-refractivity contribution in [3.8, 4) is 17.2 Å². The molecular weight excluding hydrogens is 342 g/mol. The molecule has 0 unspecified atom stereocenters. The van der Waals surface area contributed by atoms with E-state index in [1.165, 1.54) is 5.56 Å². The Labute approximate surface area is 156 Å². The van der Waals surface area contributed by atoms with Crippen molar-refractivity contribution >= 4 is 11.7 Å². The number of ether oxygens (including phenoxy) is 2. The number of benzene rings is 2. The second-order valence-corrected chi connectivity index (χ2v) is 7.01. The van der Waals surface area contributed by atoms with E-state index in [4.69, 9.17) is 14.6 Å². The van der Waals surface area contributed by atoms with E-state index in [2.05, 4.69) is 5.32 Å². The van der Waals surface area contributed by atoms with Gasteiger partial charge in [0, 0.05) is 17.9 Å². The van der Waals surface area contributed by atoms with Crippen molar-refractivity contribution in [1.82, 2.24) is 9.78 Å². The number of aromatic nitrogens is 2. The molecule has 3 heterocycles. The molecule has 0 aliphatic carbocycles. The Morgan fingerprint density at radius 3 is 2.67 bits per heavy atom. The molecule has 27 heavy (non-hydrogen) atoms. The summed E-state index contributed by atoms with van der Waals surface area (Å²) in [5.41, 5.74) is 5.10. The molecule has 2 aliphatic heterocycles. The Morgan fingerprint density at radius 1 is 1.07 bits per heavy atom. The number of hydrogen-bond donors (Lipinski definition) is 1. The number of carbonyl (C=O) groups is 1. The maximum atomic E-state index is 12.5. The van der Waals surface area contributed by atoms with Crippen LogP contribution in [-0.2, 0) is 4.79 Å². The fourth-order valence-electron chi connectivity index (χ4n) is 3.83. The van der Waals surface area contributed by atoms with Gasteiger partial charge in [0.25, 0.3) is 0 Å². The van der Waals surface area contributed by atoms with Crippen LogP contribution in [0, 0.1) is 13.8 Å². The topological polar surface area (TPSA) is 65.4 Å². The third-order valence-corrected chi connectivity index (χ3v) is 5.18. The van der Waals surface area contributed by atoms with Crippen LogP contribution in [0.4, 0.5) is 5.82 Å². The summed E-state index contributed by atoms with van der Waals surface area (Å²) in [5, 5.41) is 7.74. The lowest BCUT2D eigenvalue weighted by Gasteiger charge is -2.24. The van der Waals surface area contributed by atoms with Gasteiger partial charge in [0.2, 0.25) is 12.7 Å². The minimum Gasteiger partial charge on any atom is -0.454 e. The highest BCUT2D eigenvalue weighted by molar-refractivity contribution is 5.95. The minimum atomic E-state index is -0.0672. The molecule has 0 bridgehead atoms. The zero-order valence-corrected chi connectivity index (χ0v) is 15.2. The third-order valence-electron chi connectivity index (χ3n) is 5.18. The molecule has 6 heteroatoms. The monoisotopic (exact) mass is 361 g/mol. The highest BCUT2D eigenvalue weighted by atomic mass is 16.7. The zero-order chi connectivity index (χ0) is 18.5. The molecular formula is C21H19N3O3. The maximum Gasteiger partial charge on any atom is 0.231 e. The van der Waals surface area contributed by atoms with Gasteiger partial charge >= 0.3 is 0 Å². The third kappa shape index (κ3) is 2.56. The standard InChI is InChI=1S/C21H19N3O3/c1-12-3-6-15(7-4-12)24-21-20(13(2)23-24)16(10-19(25)22-21)14-5-8-17-18(9-14)27-11-26-17/h3-9,16H,10-11H2,1-2H3,(H,22,25)/t16-/m1/s1. The normalized spacial score (nSPS) is 17.6. The van der Waals surface area contributed by atoms with E-state index in [0.29, 0.717) is 6.42 Å². The van der Waals surface area contributed by atoms with Crippen molar-refractivity contribution in [3.05, 3.63) is 64.8 Å². The van der Waals surface area contributed by atoms with Gasteiger partial charge in [-0.15, -0.1) is 0 Å². The largest absolute Gasteiger partial charge is 0.454 e. The summed E-state index contributed by atoms with van der Waals surface area (Å²) in [5.74, 6) is 2.13. The van der Waals surface area contributed by atoms with E-state index in [1.807, 2.05) is 61.0 Å². The molecule has 3 aromatic rings. The van der Waals surface area contributed by atoms with Gasteiger partial charge in [-0.1, -0.05) is 23.8 Å². The van der Waals surface area contributed by atoms with Crippen LogP contribution in [0.5, 0.6) is 11.5 Å². The fraction of sp³-hybridized carbons (Fsp3) is 0.238. The van der Waals surface area contributed by atoms with Crippen molar-refractivity contribution in [2.24, 2.45) is 0 Å². The molecule has 0 saturated carbocycles. The molecule has 0 spiro atoms. The highest BCUT2D eigenvalue weighted by Crippen LogP contribution is 2.43. The number of aryl methyl sites for hydroxylation is 2. The molecule has 2 aromatic carbocycles. The van der Waals surface area contributed by atoms with E-state index >= 15 is 0 Å². The van der Waals surface area contributed by atoms with Gasteiger partial charge in [0.1, 0.15) is 5.82 Å². The quantitative estimate of drug-likeness (QED) is 0.756. The number of carbonyl (C=O) groups excluding carboxylic acids is 1. The minimum absolute atomic E-state index is 0.0153. The number of anilines is 1. The first-order valence-corrected chi connectivity index (χ1v) is 8.96. The van der Waals surface area contributed by atoms with Crippen molar-refractivity contribution < 1.29 is 14.3 Å². The molecule has 2 aliphatic rings. The van der Waals surface area contributed by atoms with Crippen molar-refractivity contribution in [2.45, 2.75) is 26.2 Å². The molecule has 1 N–H and O–H groups in total. The van der Waals surface area contributed by atoms with Gasteiger partial charge in [0.15, 0.2) is 11.5 Å². The molecule has 1 aromatic heterocycles. The molecule has 1 atom stereocenters. The number of fused-ring (bicyclic) bond motifs is 2. The number of hydrogen-bond acceptors (Lipinski definition) is 4. The first-order valence-electron chi connectivity index (χ1n) is 8.96. The smallest absolute Gasteiger partial charge is 0.231 e. The number of nitrogens with one attached hydrogen (secondary N) is 1. The van der Waals surface area contributed by atoms with Gasteiger partial charge in [-0.05, 0) is 43.7 Å². The summed E-state index contributed by atoms with van der Waals surface area (Å²) >= 11 is 0. The number of rotatable bonds is 2.